The van der Waals surface area contributed by atoms with Crippen molar-refractivity contribution in [3.05, 3.63) is 63.1 Å². The molecule has 0 saturated carbocycles. The fraction of sp³-hybridized carbons (Fsp3) is 0.0769. The molecule has 0 spiro atoms. The van der Waals surface area contributed by atoms with Gasteiger partial charge >= 0.3 is 0 Å². The van der Waals surface area contributed by atoms with Crippen LogP contribution in [0.4, 0.5) is 5.69 Å². The zero-order valence-corrected chi connectivity index (χ0v) is 11.9. The average Bonchev–Trinajstić information content (AvgIpc) is 2.37. The summed E-state index contributed by atoms with van der Waals surface area (Å²) in [6.07, 6.45) is 0. The maximum Gasteiger partial charge on any atom is 0.0730 e. The van der Waals surface area contributed by atoms with E-state index in [0.29, 0.717) is 10.7 Å². The van der Waals surface area contributed by atoms with Crippen molar-refractivity contribution in [2.45, 2.75) is 6.04 Å². The smallest absolute Gasteiger partial charge is 0.0730 e. The first-order valence-corrected chi connectivity index (χ1v) is 6.55. The highest BCUT2D eigenvalue weighted by Gasteiger charge is 2.15. The van der Waals surface area contributed by atoms with Crippen molar-refractivity contribution in [1.29, 1.82) is 0 Å². The van der Waals surface area contributed by atoms with Gasteiger partial charge in [0, 0.05) is 15.2 Å². The van der Waals surface area contributed by atoms with Gasteiger partial charge in [0.1, 0.15) is 0 Å². The van der Waals surface area contributed by atoms with Gasteiger partial charge in [-0.05, 0) is 41.5 Å². The van der Waals surface area contributed by atoms with Crippen molar-refractivity contribution >= 4 is 33.2 Å². The van der Waals surface area contributed by atoms with Crippen molar-refractivity contribution in [2.75, 3.05) is 5.73 Å². The van der Waals surface area contributed by atoms with Gasteiger partial charge in [0.05, 0.1) is 6.04 Å². The van der Waals surface area contributed by atoms with E-state index in [-0.39, 0.29) is 6.04 Å². The standard InChI is InChI=1S/C13H13BrClN3/c14-9-3-6-12(16)11(7-9)13(18-17)8-1-4-10(15)5-2-8/h1-7,13,18H,16-17H2. The van der Waals surface area contributed by atoms with E-state index in [1.807, 2.05) is 42.5 Å². The van der Waals surface area contributed by atoms with Gasteiger partial charge in [-0.15, -0.1) is 0 Å². The van der Waals surface area contributed by atoms with Crippen LogP contribution in [0, 0.1) is 0 Å². The third kappa shape index (κ3) is 2.84. The predicted molar refractivity (Wildman–Crippen MR) is 79.2 cm³/mol. The molecule has 2 rings (SSSR count). The Morgan fingerprint density at radius 3 is 2.39 bits per heavy atom. The molecule has 5 heteroatoms. The molecule has 1 unspecified atom stereocenters. The van der Waals surface area contributed by atoms with Crippen LogP contribution in [0.5, 0.6) is 0 Å². The summed E-state index contributed by atoms with van der Waals surface area (Å²) >= 11 is 9.31. The third-order valence-electron chi connectivity index (χ3n) is 2.73. The first-order chi connectivity index (χ1) is 8.61. The Balaban J connectivity index is 2.44. The van der Waals surface area contributed by atoms with Gasteiger partial charge in [-0.1, -0.05) is 39.7 Å². The van der Waals surface area contributed by atoms with Gasteiger partial charge in [-0.2, -0.15) is 0 Å². The monoisotopic (exact) mass is 325 g/mol. The van der Waals surface area contributed by atoms with Crippen LogP contribution >= 0.6 is 27.5 Å². The van der Waals surface area contributed by atoms with Crippen LogP contribution < -0.4 is 17.0 Å². The molecular formula is C13H13BrClN3. The number of rotatable bonds is 3. The van der Waals surface area contributed by atoms with Crippen molar-refractivity contribution in [1.82, 2.24) is 5.43 Å². The summed E-state index contributed by atoms with van der Waals surface area (Å²) in [6, 6.07) is 13.0. The molecule has 1 atom stereocenters. The average molecular weight is 327 g/mol. The highest BCUT2D eigenvalue weighted by Crippen LogP contribution is 2.29. The van der Waals surface area contributed by atoms with E-state index in [0.717, 1.165) is 15.6 Å². The molecule has 0 bridgehead atoms. The summed E-state index contributed by atoms with van der Waals surface area (Å²) in [7, 11) is 0. The first-order valence-electron chi connectivity index (χ1n) is 5.38. The fourth-order valence-electron chi connectivity index (χ4n) is 1.82. The van der Waals surface area contributed by atoms with E-state index in [1.54, 1.807) is 0 Å². The number of anilines is 1. The molecule has 18 heavy (non-hydrogen) atoms. The zero-order valence-electron chi connectivity index (χ0n) is 9.53. The van der Waals surface area contributed by atoms with Crippen molar-refractivity contribution < 1.29 is 0 Å². The van der Waals surface area contributed by atoms with E-state index >= 15 is 0 Å². The van der Waals surface area contributed by atoms with Gasteiger partial charge in [0.15, 0.2) is 0 Å². The van der Waals surface area contributed by atoms with Gasteiger partial charge in [0.2, 0.25) is 0 Å². The lowest BCUT2D eigenvalue weighted by Crippen LogP contribution is -2.29. The number of benzene rings is 2. The van der Waals surface area contributed by atoms with Crippen LogP contribution in [-0.4, -0.2) is 0 Å². The topological polar surface area (TPSA) is 64.1 Å². The molecule has 0 radical (unpaired) electrons. The molecule has 3 nitrogen and oxygen atoms in total. The van der Waals surface area contributed by atoms with E-state index in [2.05, 4.69) is 21.4 Å². The van der Waals surface area contributed by atoms with Crippen LogP contribution in [0.15, 0.2) is 46.9 Å². The predicted octanol–water partition coefficient (Wildman–Crippen LogP) is 3.24. The molecule has 2 aromatic rings. The normalized spacial score (nSPS) is 12.4. The molecule has 0 saturated heterocycles. The molecule has 0 aliphatic heterocycles. The number of nitrogen functional groups attached to an aromatic ring is 1. The lowest BCUT2D eigenvalue weighted by atomic mass is 9.98. The summed E-state index contributed by atoms with van der Waals surface area (Å²) in [4.78, 5) is 0. The molecule has 5 N–H and O–H groups in total. The van der Waals surface area contributed by atoms with Crippen molar-refractivity contribution in [3.8, 4) is 0 Å². The number of halogens is 2. The third-order valence-corrected chi connectivity index (χ3v) is 3.48. The summed E-state index contributed by atoms with van der Waals surface area (Å²) in [5.41, 5.74) is 11.4. The number of nitrogens with two attached hydrogens (primary N) is 2. The number of nitrogens with one attached hydrogen (secondary N) is 1. The Morgan fingerprint density at radius 1 is 1.11 bits per heavy atom. The van der Waals surface area contributed by atoms with Gasteiger partial charge < -0.3 is 5.73 Å². The summed E-state index contributed by atoms with van der Waals surface area (Å²) in [5.74, 6) is 5.64. The van der Waals surface area contributed by atoms with Gasteiger partial charge in [-0.3, -0.25) is 5.84 Å². The fourth-order valence-corrected chi connectivity index (χ4v) is 2.32. The molecular weight excluding hydrogens is 314 g/mol. The highest BCUT2D eigenvalue weighted by molar-refractivity contribution is 9.10. The Labute approximate surface area is 119 Å². The Morgan fingerprint density at radius 2 is 1.78 bits per heavy atom. The number of hydrogen-bond donors (Lipinski definition) is 3. The minimum atomic E-state index is -0.167. The summed E-state index contributed by atoms with van der Waals surface area (Å²) in [6.45, 7) is 0. The van der Waals surface area contributed by atoms with Crippen molar-refractivity contribution in [2.24, 2.45) is 5.84 Å². The molecule has 0 aromatic heterocycles. The SMILES string of the molecule is NNC(c1ccc(Cl)cc1)c1cc(Br)ccc1N. The largest absolute Gasteiger partial charge is 0.398 e. The maximum absolute atomic E-state index is 5.99. The molecule has 0 fully saturated rings. The summed E-state index contributed by atoms with van der Waals surface area (Å²) < 4.78 is 0.959. The van der Waals surface area contributed by atoms with E-state index in [4.69, 9.17) is 23.2 Å². The minimum Gasteiger partial charge on any atom is -0.398 e. The number of hydrogen-bond acceptors (Lipinski definition) is 3. The molecule has 0 aliphatic carbocycles. The second-order valence-electron chi connectivity index (χ2n) is 3.92. The summed E-state index contributed by atoms with van der Waals surface area (Å²) in [5, 5.41) is 0.691. The van der Waals surface area contributed by atoms with Gasteiger partial charge in [0.25, 0.3) is 0 Å². The molecule has 94 valence electrons. The minimum absolute atomic E-state index is 0.167. The maximum atomic E-state index is 5.99. The van der Waals surface area contributed by atoms with E-state index in [9.17, 15) is 0 Å². The first kappa shape index (κ1) is 13.4. The molecule has 2 aromatic carbocycles. The quantitative estimate of drug-likeness (QED) is 0.461. The Bertz CT molecular complexity index is 542. The second kappa shape index (κ2) is 5.71. The van der Waals surface area contributed by atoms with Crippen LogP contribution in [0.3, 0.4) is 0 Å². The highest BCUT2D eigenvalue weighted by atomic mass is 79.9. The second-order valence-corrected chi connectivity index (χ2v) is 5.28. The van der Waals surface area contributed by atoms with E-state index in [1.165, 1.54) is 0 Å². The van der Waals surface area contributed by atoms with Crippen LogP contribution in [0.25, 0.3) is 0 Å². The van der Waals surface area contributed by atoms with Crippen LogP contribution in [-0.2, 0) is 0 Å². The van der Waals surface area contributed by atoms with E-state index < -0.39 is 0 Å². The molecule has 0 aliphatic rings. The van der Waals surface area contributed by atoms with Crippen molar-refractivity contribution in [3.63, 3.8) is 0 Å². The lowest BCUT2D eigenvalue weighted by Gasteiger charge is -2.19. The molecule has 0 amide bonds. The zero-order chi connectivity index (χ0) is 13.1. The van der Waals surface area contributed by atoms with Gasteiger partial charge in [-0.25, -0.2) is 5.43 Å². The Hall–Kier alpha value is -1.07. The molecule has 0 heterocycles. The van der Waals surface area contributed by atoms with Crippen LogP contribution in [0.2, 0.25) is 5.02 Å². The Kier molecular flexibility index (Phi) is 4.24. The number of hydrazine groups is 1. The lowest BCUT2D eigenvalue weighted by molar-refractivity contribution is 0.638. The van der Waals surface area contributed by atoms with Crippen LogP contribution in [0.1, 0.15) is 17.2 Å².